The standard InChI is InChI=1S/C19H15BrN2O3/c1-13(19(24)22-17-7-3-5-15(11-17)12-21)25-18(23)9-8-14-4-2-6-16(20)10-14/h2-11,13H,1H3,(H,22,24)/b9-8+/t13-/m0/s1. The number of carbonyl (C=O) groups excluding carboxylic acids is 2. The van der Waals surface area contributed by atoms with Crippen molar-refractivity contribution in [2.24, 2.45) is 0 Å². The summed E-state index contributed by atoms with van der Waals surface area (Å²) in [7, 11) is 0. The first-order valence-electron chi connectivity index (χ1n) is 7.43. The Hall–Kier alpha value is -2.91. The molecule has 6 heteroatoms. The smallest absolute Gasteiger partial charge is 0.331 e. The third-order valence-electron chi connectivity index (χ3n) is 3.18. The molecule has 1 N–H and O–H groups in total. The van der Waals surface area contributed by atoms with Gasteiger partial charge in [-0.05, 0) is 48.9 Å². The molecule has 0 saturated carbocycles. The average Bonchev–Trinajstić information content (AvgIpc) is 2.60. The van der Waals surface area contributed by atoms with Gasteiger partial charge in [-0.2, -0.15) is 5.26 Å². The quantitative estimate of drug-likeness (QED) is 0.611. The lowest BCUT2D eigenvalue weighted by atomic mass is 10.2. The molecule has 0 unspecified atom stereocenters. The Labute approximate surface area is 154 Å². The van der Waals surface area contributed by atoms with Gasteiger partial charge in [0.2, 0.25) is 0 Å². The lowest BCUT2D eigenvalue weighted by Gasteiger charge is -2.12. The van der Waals surface area contributed by atoms with Gasteiger partial charge in [-0.3, -0.25) is 4.79 Å². The van der Waals surface area contributed by atoms with Gasteiger partial charge in [0.25, 0.3) is 5.91 Å². The van der Waals surface area contributed by atoms with Crippen LogP contribution in [-0.4, -0.2) is 18.0 Å². The van der Waals surface area contributed by atoms with E-state index in [1.165, 1.54) is 13.0 Å². The molecule has 0 spiro atoms. The van der Waals surface area contributed by atoms with Crippen molar-refractivity contribution in [3.05, 3.63) is 70.2 Å². The minimum Gasteiger partial charge on any atom is -0.449 e. The molecular weight excluding hydrogens is 384 g/mol. The van der Waals surface area contributed by atoms with Gasteiger partial charge in [0.1, 0.15) is 0 Å². The summed E-state index contributed by atoms with van der Waals surface area (Å²) >= 11 is 3.35. The summed E-state index contributed by atoms with van der Waals surface area (Å²) in [6.07, 6.45) is 1.90. The molecule has 126 valence electrons. The van der Waals surface area contributed by atoms with E-state index in [-0.39, 0.29) is 0 Å². The molecule has 0 heterocycles. The van der Waals surface area contributed by atoms with E-state index in [0.29, 0.717) is 11.3 Å². The Kier molecular flexibility index (Phi) is 6.49. The molecule has 0 saturated heterocycles. The molecule has 2 rings (SSSR count). The third-order valence-corrected chi connectivity index (χ3v) is 3.68. The van der Waals surface area contributed by atoms with Crippen LogP contribution in [0.2, 0.25) is 0 Å². The van der Waals surface area contributed by atoms with E-state index in [1.807, 2.05) is 30.3 Å². The van der Waals surface area contributed by atoms with Crippen LogP contribution in [0.3, 0.4) is 0 Å². The molecule has 0 radical (unpaired) electrons. The normalized spacial score (nSPS) is 11.6. The fraction of sp³-hybridized carbons (Fsp3) is 0.105. The molecule has 0 aliphatic heterocycles. The van der Waals surface area contributed by atoms with Crippen LogP contribution in [0.4, 0.5) is 5.69 Å². The van der Waals surface area contributed by atoms with Crippen LogP contribution >= 0.6 is 15.9 Å². The van der Waals surface area contributed by atoms with E-state index in [9.17, 15) is 9.59 Å². The van der Waals surface area contributed by atoms with Crippen molar-refractivity contribution in [2.75, 3.05) is 5.32 Å². The lowest BCUT2D eigenvalue weighted by Crippen LogP contribution is -2.29. The van der Waals surface area contributed by atoms with Crippen molar-refractivity contribution < 1.29 is 14.3 Å². The summed E-state index contributed by atoms with van der Waals surface area (Å²) in [6.45, 7) is 1.48. The first-order chi connectivity index (χ1) is 12.0. The van der Waals surface area contributed by atoms with Gasteiger partial charge < -0.3 is 10.1 Å². The molecule has 25 heavy (non-hydrogen) atoms. The topological polar surface area (TPSA) is 79.2 Å². The van der Waals surface area contributed by atoms with Crippen molar-refractivity contribution in [1.82, 2.24) is 0 Å². The van der Waals surface area contributed by atoms with Gasteiger partial charge in [0.05, 0.1) is 11.6 Å². The number of anilines is 1. The Morgan fingerprint density at radius 1 is 1.24 bits per heavy atom. The van der Waals surface area contributed by atoms with Crippen molar-refractivity contribution >= 4 is 39.6 Å². The predicted molar refractivity (Wildman–Crippen MR) is 98.5 cm³/mol. The van der Waals surface area contributed by atoms with Gasteiger partial charge in [0.15, 0.2) is 6.10 Å². The van der Waals surface area contributed by atoms with Crippen molar-refractivity contribution in [3.63, 3.8) is 0 Å². The van der Waals surface area contributed by atoms with Crippen molar-refractivity contribution in [2.45, 2.75) is 13.0 Å². The zero-order valence-corrected chi connectivity index (χ0v) is 15.0. The van der Waals surface area contributed by atoms with Gasteiger partial charge in [-0.15, -0.1) is 0 Å². The van der Waals surface area contributed by atoms with Crippen LogP contribution in [0.15, 0.2) is 59.1 Å². The molecule has 1 amide bonds. The van der Waals surface area contributed by atoms with Crippen molar-refractivity contribution in [1.29, 1.82) is 5.26 Å². The molecule has 0 aromatic heterocycles. The van der Waals surface area contributed by atoms with Gasteiger partial charge >= 0.3 is 5.97 Å². The molecule has 0 aliphatic carbocycles. The fourth-order valence-corrected chi connectivity index (χ4v) is 2.37. The maximum Gasteiger partial charge on any atom is 0.331 e. The molecular formula is C19H15BrN2O3. The van der Waals surface area contributed by atoms with Crippen LogP contribution in [0.1, 0.15) is 18.1 Å². The highest BCUT2D eigenvalue weighted by molar-refractivity contribution is 9.10. The van der Waals surface area contributed by atoms with Gasteiger partial charge in [-0.25, -0.2) is 4.79 Å². The van der Waals surface area contributed by atoms with Crippen LogP contribution < -0.4 is 5.32 Å². The molecule has 0 fully saturated rings. The molecule has 2 aromatic carbocycles. The number of halogens is 1. The maximum atomic E-state index is 12.1. The Bertz CT molecular complexity index is 856. The number of esters is 1. The van der Waals surface area contributed by atoms with Crippen LogP contribution in [-0.2, 0) is 14.3 Å². The van der Waals surface area contributed by atoms with Crippen LogP contribution in [0, 0.1) is 11.3 Å². The maximum absolute atomic E-state index is 12.1. The molecule has 2 aromatic rings. The zero-order valence-electron chi connectivity index (χ0n) is 13.4. The number of ether oxygens (including phenoxy) is 1. The number of rotatable bonds is 5. The summed E-state index contributed by atoms with van der Waals surface area (Å²) in [4.78, 5) is 23.9. The monoisotopic (exact) mass is 398 g/mol. The number of nitrogens with zero attached hydrogens (tertiary/aromatic N) is 1. The number of hydrogen-bond acceptors (Lipinski definition) is 4. The summed E-state index contributed by atoms with van der Waals surface area (Å²) in [5, 5.41) is 11.5. The lowest BCUT2D eigenvalue weighted by molar-refractivity contribution is -0.148. The van der Waals surface area contributed by atoms with E-state index >= 15 is 0 Å². The largest absolute Gasteiger partial charge is 0.449 e. The molecule has 0 aliphatic rings. The third kappa shape index (κ3) is 5.90. The predicted octanol–water partition coefficient (Wildman–Crippen LogP) is 3.90. The first kappa shape index (κ1) is 18.4. The Morgan fingerprint density at radius 2 is 2.00 bits per heavy atom. The highest BCUT2D eigenvalue weighted by Gasteiger charge is 2.16. The summed E-state index contributed by atoms with van der Waals surface area (Å²) in [6, 6.07) is 15.9. The summed E-state index contributed by atoms with van der Waals surface area (Å²) in [5.74, 6) is -1.09. The number of benzene rings is 2. The minimum absolute atomic E-state index is 0.430. The second-order valence-corrected chi connectivity index (χ2v) is 6.06. The highest BCUT2D eigenvalue weighted by atomic mass is 79.9. The minimum atomic E-state index is -0.967. The Balaban J connectivity index is 1.91. The average molecular weight is 399 g/mol. The van der Waals surface area contributed by atoms with Crippen LogP contribution in [0.5, 0.6) is 0 Å². The van der Waals surface area contributed by atoms with E-state index in [4.69, 9.17) is 10.00 Å². The van der Waals surface area contributed by atoms with E-state index in [1.54, 1.807) is 30.3 Å². The number of amides is 1. The Morgan fingerprint density at radius 3 is 2.72 bits per heavy atom. The SMILES string of the molecule is C[C@H](OC(=O)/C=C/c1cccc(Br)c1)C(=O)Nc1cccc(C#N)c1. The second kappa shape index (κ2) is 8.81. The van der Waals surface area contributed by atoms with Crippen molar-refractivity contribution in [3.8, 4) is 6.07 Å². The molecule has 0 bridgehead atoms. The summed E-state index contributed by atoms with van der Waals surface area (Å²) in [5.41, 5.74) is 1.73. The van der Waals surface area contributed by atoms with Crippen LogP contribution in [0.25, 0.3) is 6.08 Å². The van der Waals surface area contributed by atoms with E-state index < -0.39 is 18.0 Å². The highest BCUT2D eigenvalue weighted by Crippen LogP contribution is 2.13. The summed E-state index contributed by atoms with van der Waals surface area (Å²) < 4.78 is 5.98. The first-order valence-corrected chi connectivity index (χ1v) is 8.22. The van der Waals surface area contributed by atoms with E-state index in [0.717, 1.165) is 10.0 Å². The van der Waals surface area contributed by atoms with Gasteiger partial charge in [-0.1, -0.05) is 34.1 Å². The number of hydrogen-bond donors (Lipinski definition) is 1. The number of nitrogens with one attached hydrogen (secondary N) is 1. The molecule has 1 atom stereocenters. The zero-order chi connectivity index (χ0) is 18.2. The van der Waals surface area contributed by atoms with Gasteiger partial charge in [0, 0.05) is 16.2 Å². The van der Waals surface area contributed by atoms with E-state index in [2.05, 4.69) is 21.2 Å². The second-order valence-electron chi connectivity index (χ2n) is 5.15. The molecule has 5 nitrogen and oxygen atoms in total. The number of nitriles is 1. The number of carbonyl (C=O) groups is 2. The fourth-order valence-electron chi connectivity index (χ4n) is 1.95.